The number of phenols is 2. The summed E-state index contributed by atoms with van der Waals surface area (Å²) in [5.74, 6) is -0.663. The Morgan fingerprint density at radius 1 is 0.952 bits per heavy atom. The molecular weight excluding hydrogens is 296 g/mol. The van der Waals surface area contributed by atoms with Gasteiger partial charge in [0.1, 0.15) is 11.0 Å². The van der Waals surface area contributed by atoms with Crippen LogP contribution in [0.25, 0.3) is 32.9 Å². The van der Waals surface area contributed by atoms with Crippen molar-refractivity contribution in [2.75, 3.05) is 0 Å². The molecular formula is C15H7ClO5. The van der Waals surface area contributed by atoms with Crippen LogP contribution in [-0.2, 0) is 0 Å². The predicted molar refractivity (Wildman–Crippen MR) is 78.1 cm³/mol. The minimum atomic E-state index is -0.616. The Morgan fingerprint density at radius 2 is 1.71 bits per heavy atom. The van der Waals surface area contributed by atoms with Crippen LogP contribution in [0.2, 0.25) is 5.02 Å². The molecule has 0 atom stereocenters. The van der Waals surface area contributed by atoms with Crippen LogP contribution >= 0.6 is 11.6 Å². The molecule has 0 saturated heterocycles. The third-order valence-corrected chi connectivity index (χ3v) is 3.69. The monoisotopic (exact) mass is 302 g/mol. The molecule has 4 rings (SSSR count). The summed E-state index contributed by atoms with van der Waals surface area (Å²) in [6, 6.07) is 7.56. The molecule has 0 fully saturated rings. The smallest absolute Gasteiger partial charge is 0.348 e. The van der Waals surface area contributed by atoms with Crippen molar-refractivity contribution < 1.29 is 19.0 Å². The highest BCUT2D eigenvalue weighted by Gasteiger charge is 2.18. The first-order valence-electron chi connectivity index (χ1n) is 6.06. The highest BCUT2D eigenvalue weighted by Crippen LogP contribution is 2.38. The van der Waals surface area contributed by atoms with Gasteiger partial charge in [-0.3, -0.25) is 0 Å². The van der Waals surface area contributed by atoms with E-state index in [2.05, 4.69) is 0 Å². The highest BCUT2D eigenvalue weighted by molar-refractivity contribution is 6.35. The maximum atomic E-state index is 12.2. The third-order valence-electron chi connectivity index (χ3n) is 3.40. The number of hydrogen-bond acceptors (Lipinski definition) is 5. The van der Waals surface area contributed by atoms with Crippen LogP contribution in [-0.4, -0.2) is 10.2 Å². The summed E-state index contributed by atoms with van der Waals surface area (Å²) in [5, 5.41) is 20.6. The zero-order valence-corrected chi connectivity index (χ0v) is 11.1. The Bertz CT molecular complexity index is 1090. The van der Waals surface area contributed by atoms with E-state index in [-0.39, 0.29) is 28.1 Å². The van der Waals surface area contributed by atoms with E-state index in [0.29, 0.717) is 21.4 Å². The molecule has 0 spiro atoms. The number of fused-ring (bicyclic) bond motifs is 5. The first-order valence-corrected chi connectivity index (χ1v) is 6.43. The van der Waals surface area contributed by atoms with Gasteiger partial charge in [0.05, 0.1) is 10.4 Å². The van der Waals surface area contributed by atoms with Crippen molar-refractivity contribution in [3.8, 4) is 11.5 Å². The van der Waals surface area contributed by atoms with E-state index in [9.17, 15) is 15.0 Å². The van der Waals surface area contributed by atoms with Crippen LogP contribution in [0.15, 0.2) is 44.0 Å². The minimum absolute atomic E-state index is 0.204. The first kappa shape index (κ1) is 12.1. The molecule has 4 aromatic rings. The quantitative estimate of drug-likeness (QED) is 0.382. The molecule has 0 aliphatic carbocycles. The van der Waals surface area contributed by atoms with Crippen molar-refractivity contribution in [1.29, 1.82) is 0 Å². The summed E-state index contributed by atoms with van der Waals surface area (Å²) in [4.78, 5) is 12.2. The lowest BCUT2D eigenvalue weighted by Gasteiger charge is -1.98. The van der Waals surface area contributed by atoms with Crippen molar-refractivity contribution in [3.05, 3.63) is 45.8 Å². The number of rotatable bonds is 0. The van der Waals surface area contributed by atoms with E-state index in [1.807, 2.05) is 0 Å². The number of halogens is 1. The standard InChI is InChI=1S/C15H7ClO5/c16-8-3-1-2-6-13(8)21-15(19)12-7-4-9(17)10(18)5-11(7)20-14(6)12/h1-5,17-18H. The van der Waals surface area contributed by atoms with Crippen LogP contribution in [0.5, 0.6) is 11.5 Å². The van der Waals surface area contributed by atoms with Gasteiger partial charge >= 0.3 is 5.63 Å². The number of benzene rings is 2. The van der Waals surface area contributed by atoms with Gasteiger partial charge in [-0.2, -0.15) is 0 Å². The van der Waals surface area contributed by atoms with E-state index in [0.717, 1.165) is 0 Å². The summed E-state index contributed by atoms with van der Waals surface area (Å²) in [6.45, 7) is 0. The number of para-hydroxylation sites is 1. The Balaban J connectivity index is 2.35. The molecule has 0 radical (unpaired) electrons. The zero-order valence-electron chi connectivity index (χ0n) is 10.4. The fourth-order valence-electron chi connectivity index (χ4n) is 2.45. The second-order valence-electron chi connectivity index (χ2n) is 4.65. The Labute approximate surface area is 121 Å². The maximum absolute atomic E-state index is 12.2. The summed E-state index contributed by atoms with van der Waals surface area (Å²) < 4.78 is 10.9. The molecule has 0 aliphatic rings. The average Bonchev–Trinajstić information content (AvgIpc) is 2.80. The molecule has 2 heterocycles. The summed E-state index contributed by atoms with van der Waals surface area (Å²) in [7, 11) is 0. The first-order chi connectivity index (χ1) is 10.1. The normalized spacial score (nSPS) is 11.7. The maximum Gasteiger partial charge on any atom is 0.348 e. The second-order valence-corrected chi connectivity index (χ2v) is 5.06. The van der Waals surface area contributed by atoms with Gasteiger partial charge in [0.2, 0.25) is 0 Å². The zero-order chi connectivity index (χ0) is 14.7. The van der Waals surface area contributed by atoms with E-state index in [4.69, 9.17) is 20.4 Å². The topological polar surface area (TPSA) is 83.8 Å². The molecule has 0 aliphatic heterocycles. The van der Waals surface area contributed by atoms with Crippen molar-refractivity contribution >= 4 is 44.5 Å². The van der Waals surface area contributed by atoms with Crippen LogP contribution in [0.4, 0.5) is 0 Å². The van der Waals surface area contributed by atoms with Crippen molar-refractivity contribution in [2.24, 2.45) is 0 Å². The second kappa shape index (κ2) is 3.93. The van der Waals surface area contributed by atoms with Crippen LogP contribution < -0.4 is 5.63 Å². The SMILES string of the molecule is O=c1oc2c(Cl)cccc2c2oc3cc(O)c(O)cc3c12. The van der Waals surface area contributed by atoms with E-state index in [1.54, 1.807) is 18.2 Å². The van der Waals surface area contributed by atoms with E-state index in [1.165, 1.54) is 12.1 Å². The lowest BCUT2D eigenvalue weighted by Crippen LogP contribution is -1.98. The Hall–Kier alpha value is -2.66. The molecule has 0 saturated carbocycles. The Morgan fingerprint density at radius 3 is 2.52 bits per heavy atom. The van der Waals surface area contributed by atoms with E-state index < -0.39 is 5.63 Å². The highest BCUT2D eigenvalue weighted by atomic mass is 35.5. The number of phenolic OH excluding ortho intramolecular Hbond substituents is 2. The molecule has 21 heavy (non-hydrogen) atoms. The molecule has 0 unspecified atom stereocenters. The van der Waals surface area contributed by atoms with Crippen LogP contribution in [0, 0.1) is 0 Å². The molecule has 0 amide bonds. The summed E-state index contributed by atoms with van der Waals surface area (Å²) >= 11 is 6.02. The summed E-state index contributed by atoms with van der Waals surface area (Å²) in [5.41, 5.74) is 0.211. The van der Waals surface area contributed by atoms with Gasteiger partial charge in [-0.05, 0) is 18.2 Å². The van der Waals surface area contributed by atoms with Gasteiger partial charge in [-0.25, -0.2) is 4.79 Å². The lowest BCUT2D eigenvalue weighted by molar-refractivity contribution is 0.404. The molecule has 2 aromatic carbocycles. The molecule has 104 valence electrons. The molecule has 2 aromatic heterocycles. The molecule has 0 bridgehead atoms. The number of furan rings is 1. The molecule has 2 N–H and O–H groups in total. The van der Waals surface area contributed by atoms with Crippen molar-refractivity contribution in [3.63, 3.8) is 0 Å². The van der Waals surface area contributed by atoms with Crippen molar-refractivity contribution in [2.45, 2.75) is 0 Å². The Kier molecular flexibility index (Phi) is 2.26. The fourth-order valence-corrected chi connectivity index (χ4v) is 2.66. The average molecular weight is 303 g/mol. The predicted octanol–water partition coefficient (Wildman–Crippen LogP) is 3.76. The summed E-state index contributed by atoms with van der Waals surface area (Å²) in [6.07, 6.45) is 0. The molecule has 5 nitrogen and oxygen atoms in total. The van der Waals surface area contributed by atoms with E-state index >= 15 is 0 Å². The lowest BCUT2D eigenvalue weighted by atomic mass is 10.1. The number of aromatic hydroxyl groups is 2. The van der Waals surface area contributed by atoms with Gasteiger partial charge in [-0.1, -0.05) is 17.7 Å². The van der Waals surface area contributed by atoms with Gasteiger partial charge in [0.15, 0.2) is 22.7 Å². The van der Waals surface area contributed by atoms with Crippen LogP contribution in [0.3, 0.4) is 0 Å². The largest absolute Gasteiger partial charge is 0.504 e. The number of hydrogen-bond donors (Lipinski definition) is 2. The van der Waals surface area contributed by atoms with Crippen molar-refractivity contribution in [1.82, 2.24) is 0 Å². The molecule has 6 heteroatoms. The van der Waals surface area contributed by atoms with Gasteiger partial charge in [-0.15, -0.1) is 0 Å². The minimum Gasteiger partial charge on any atom is -0.504 e. The van der Waals surface area contributed by atoms with Gasteiger partial charge < -0.3 is 19.0 Å². The van der Waals surface area contributed by atoms with Gasteiger partial charge in [0, 0.05) is 11.5 Å². The van der Waals surface area contributed by atoms with Crippen LogP contribution in [0.1, 0.15) is 0 Å². The fraction of sp³-hybridized carbons (Fsp3) is 0. The third kappa shape index (κ3) is 1.55. The van der Waals surface area contributed by atoms with Gasteiger partial charge in [0.25, 0.3) is 0 Å².